The average molecular weight is 248 g/mol. The number of fused-ring (bicyclic) bond motifs is 1. The number of aliphatic hydroxyl groups excluding tert-OH is 1. The zero-order chi connectivity index (χ0) is 12.6. The molecule has 0 bridgehead atoms. The third-order valence-corrected chi connectivity index (χ3v) is 2.47. The van der Waals surface area contributed by atoms with Crippen molar-refractivity contribution < 1.29 is 27.8 Å². The van der Waals surface area contributed by atoms with Crippen LogP contribution in [0.5, 0.6) is 11.5 Å². The van der Waals surface area contributed by atoms with Crippen LogP contribution in [0.15, 0.2) is 12.1 Å². The van der Waals surface area contributed by atoms with Crippen LogP contribution in [0.25, 0.3) is 0 Å². The molecule has 1 unspecified atom stereocenters. The first kappa shape index (κ1) is 12.0. The van der Waals surface area contributed by atoms with Crippen molar-refractivity contribution in [1.82, 2.24) is 0 Å². The normalized spacial score (nSPS) is 16.8. The Balaban J connectivity index is 2.59. The third kappa shape index (κ3) is 2.17. The molecule has 0 saturated carbocycles. The van der Waals surface area contributed by atoms with Crippen LogP contribution in [0.1, 0.15) is 24.2 Å². The molecule has 1 atom stereocenters. The monoisotopic (exact) mass is 248 g/mol. The molecule has 1 aromatic carbocycles. The molecule has 1 aliphatic heterocycles. The van der Waals surface area contributed by atoms with Gasteiger partial charge in [-0.05, 0) is 13.0 Å². The number of ether oxygens (including phenoxy) is 2. The van der Waals surface area contributed by atoms with Gasteiger partial charge in [-0.25, -0.2) is 0 Å². The van der Waals surface area contributed by atoms with Crippen LogP contribution in [-0.4, -0.2) is 18.3 Å². The minimum absolute atomic E-state index is 0.0129. The van der Waals surface area contributed by atoms with E-state index >= 15 is 0 Å². The van der Waals surface area contributed by atoms with E-state index in [4.69, 9.17) is 9.47 Å². The van der Waals surface area contributed by atoms with Crippen LogP contribution < -0.4 is 9.47 Å². The Kier molecular flexibility index (Phi) is 2.91. The van der Waals surface area contributed by atoms with Gasteiger partial charge in [0.2, 0.25) is 0 Å². The molecule has 1 aromatic rings. The van der Waals surface area contributed by atoms with Crippen molar-refractivity contribution in [2.24, 2.45) is 0 Å². The standard InChI is InChI=1S/C11H11F3O3/c1-6(15)7-2-3-8(11(12,13)14)10-9(7)16-4-5-17-10/h2-3,6,15H,4-5H2,1H3. The largest absolute Gasteiger partial charge is 0.486 e. The van der Waals surface area contributed by atoms with Gasteiger partial charge in [-0.1, -0.05) is 6.07 Å². The van der Waals surface area contributed by atoms with Crippen LogP contribution in [0.4, 0.5) is 13.2 Å². The molecule has 0 aliphatic carbocycles. The number of hydrogen-bond acceptors (Lipinski definition) is 3. The van der Waals surface area contributed by atoms with Gasteiger partial charge >= 0.3 is 6.18 Å². The second-order valence-electron chi connectivity index (χ2n) is 3.73. The Hall–Kier alpha value is -1.43. The number of benzene rings is 1. The van der Waals surface area contributed by atoms with Crippen molar-refractivity contribution in [2.75, 3.05) is 13.2 Å². The molecule has 0 spiro atoms. The maximum absolute atomic E-state index is 12.7. The highest BCUT2D eigenvalue weighted by atomic mass is 19.4. The molecule has 0 saturated heterocycles. The first-order valence-corrected chi connectivity index (χ1v) is 5.09. The minimum Gasteiger partial charge on any atom is -0.486 e. The second-order valence-corrected chi connectivity index (χ2v) is 3.73. The summed E-state index contributed by atoms with van der Waals surface area (Å²) < 4.78 is 48.3. The molecule has 0 amide bonds. The molecule has 2 rings (SSSR count). The molecule has 0 fully saturated rings. The lowest BCUT2D eigenvalue weighted by Crippen LogP contribution is -2.20. The summed E-state index contributed by atoms with van der Waals surface area (Å²) in [5.74, 6) is -0.344. The van der Waals surface area contributed by atoms with E-state index in [0.717, 1.165) is 6.07 Å². The summed E-state index contributed by atoms with van der Waals surface area (Å²) in [5, 5.41) is 9.46. The Labute approximate surface area is 95.8 Å². The highest BCUT2D eigenvalue weighted by Gasteiger charge is 2.38. The lowest BCUT2D eigenvalue weighted by molar-refractivity contribution is -0.139. The molecule has 1 heterocycles. The van der Waals surface area contributed by atoms with Gasteiger partial charge < -0.3 is 14.6 Å². The molecule has 6 heteroatoms. The van der Waals surface area contributed by atoms with Crippen molar-refractivity contribution in [3.63, 3.8) is 0 Å². The fourth-order valence-corrected chi connectivity index (χ4v) is 1.71. The zero-order valence-electron chi connectivity index (χ0n) is 9.04. The van der Waals surface area contributed by atoms with Crippen molar-refractivity contribution in [2.45, 2.75) is 19.2 Å². The minimum atomic E-state index is -4.50. The molecule has 94 valence electrons. The van der Waals surface area contributed by atoms with E-state index in [9.17, 15) is 18.3 Å². The third-order valence-electron chi connectivity index (χ3n) is 2.47. The van der Waals surface area contributed by atoms with Crippen molar-refractivity contribution in [3.8, 4) is 11.5 Å². The lowest BCUT2D eigenvalue weighted by Gasteiger charge is -2.25. The van der Waals surface area contributed by atoms with Crippen molar-refractivity contribution in [3.05, 3.63) is 23.3 Å². The molecule has 3 nitrogen and oxygen atoms in total. The van der Waals surface area contributed by atoms with E-state index in [0.29, 0.717) is 5.56 Å². The first-order chi connectivity index (χ1) is 7.91. The topological polar surface area (TPSA) is 38.7 Å². The Morgan fingerprint density at radius 1 is 1.18 bits per heavy atom. The average Bonchev–Trinajstić information content (AvgIpc) is 2.26. The van der Waals surface area contributed by atoms with E-state index in [2.05, 4.69) is 0 Å². The number of alkyl halides is 3. The number of rotatable bonds is 1. The number of aliphatic hydroxyl groups is 1. The summed E-state index contributed by atoms with van der Waals surface area (Å²) >= 11 is 0. The van der Waals surface area contributed by atoms with Gasteiger partial charge in [0, 0.05) is 5.56 Å². The molecule has 0 aromatic heterocycles. The van der Waals surface area contributed by atoms with E-state index < -0.39 is 17.8 Å². The van der Waals surface area contributed by atoms with Gasteiger partial charge in [0.05, 0.1) is 6.10 Å². The second kappa shape index (κ2) is 4.10. The first-order valence-electron chi connectivity index (χ1n) is 5.09. The predicted octanol–water partition coefficient (Wildman–Crippen LogP) is 2.53. The smallest absolute Gasteiger partial charge is 0.420 e. The van der Waals surface area contributed by atoms with Gasteiger partial charge in [0.25, 0.3) is 0 Å². The van der Waals surface area contributed by atoms with E-state index in [1.54, 1.807) is 0 Å². The van der Waals surface area contributed by atoms with Crippen LogP contribution in [-0.2, 0) is 6.18 Å². The zero-order valence-corrected chi connectivity index (χ0v) is 9.04. The lowest BCUT2D eigenvalue weighted by atomic mass is 10.0. The van der Waals surface area contributed by atoms with Gasteiger partial charge in [-0.15, -0.1) is 0 Å². The Bertz CT molecular complexity index is 427. The SMILES string of the molecule is CC(O)c1ccc(C(F)(F)F)c2c1OCCO2. The summed E-state index contributed by atoms with van der Waals surface area (Å²) in [5.41, 5.74) is -0.579. The highest BCUT2D eigenvalue weighted by Crippen LogP contribution is 2.46. The summed E-state index contributed by atoms with van der Waals surface area (Å²) in [6.45, 7) is 1.70. The predicted molar refractivity (Wildman–Crippen MR) is 53.1 cm³/mol. The molecular weight excluding hydrogens is 237 g/mol. The van der Waals surface area contributed by atoms with Crippen LogP contribution in [0, 0.1) is 0 Å². The summed E-state index contributed by atoms with van der Waals surface area (Å²) in [4.78, 5) is 0. The van der Waals surface area contributed by atoms with E-state index in [1.807, 2.05) is 0 Å². The molecule has 0 radical (unpaired) electrons. The molecule has 1 N–H and O–H groups in total. The maximum Gasteiger partial charge on any atom is 0.420 e. The van der Waals surface area contributed by atoms with Crippen LogP contribution >= 0.6 is 0 Å². The van der Waals surface area contributed by atoms with Crippen molar-refractivity contribution in [1.29, 1.82) is 0 Å². The van der Waals surface area contributed by atoms with E-state index in [-0.39, 0.29) is 24.7 Å². The fourth-order valence-electron chi connectivity index (χ4n) is 1.71. The van der Waals surface area contributed by atoms with E-state index in [1.165, 1.54) is 13.0 Å². The maximum atomic E-state index is 12.7. The van der Waals surface area contributed by atoms with Gasteiger partial charge in [-0.3, -0.25) is 0 Å². The number of hydrogen-bond donors (Lipinski definition) is 1. The van der Waals surface area contributed by atoms with Crippen LogP contribution in [0.3, 0.4) is 0 Å². The fraction of sp³-hybridized carbons (Fsp3) is 0.455. The highest BCUT2D eigenvalue weighted by molar-refractivity contribution is 5.54. The Morgan fingerprint density at radius 2 is 1.76 bits per heavy atom. The summed E-state index contributed by atoms with van der Waals surface area (Å²) in [6.07, 6.45) is -5.41. The summed E-state index contributed by atoms with van der Waals surface area (Å²) in [7, 11) is 0. The molecular formula is C11H11F3O3. The molecule has 17 heavy (non-hydrogen) atoms. The van der Waals surface area contributed by atoms with Gasteiger partial charge in [-0.2, -0.15) is 13.2 Å². The summed E-state index contributed by atoms with van der Waals surface area (Å²) in [6, 6.07) is 2.11. The van der Waals surface area contributed by atoms with Crippen molar-refractivity contribution >= 4 is 0 Å². The molecule has 1 aliphatic rings. The number of halogens is 3. The van der Waals surface area contributed by atoms with Gasteiger partial charge in [0.1, 0.15) is 18.8 Å². The van der Waals surface area contributed by atoms with Gasteiger partial charge in [0.15, 0.2) is 11.5 Å². The quantitative estimate of drug-likeness (QED) is 0.830. The van der Waals surface area contributed by atoms with Crippen LogP contribution in [0.2, 0.25) is 0 Å². The Morgan fingerprint density at radius 3 is 2.29 bits per heavy atom.